The Balaban J connectivity index is 2.46. The first-order chi connectivity index (χ1) is 5.54. The minimum Gasteiger partial charge on any atom is -0.299 e. The molecule has 2 heteroatoms. The maximum Gasteiger partial charge on any atom is 0.140 e. The van der Waals surface area contributed by atoms with Gasteiger partial charge in [-0.25, -0.2) is 0 Å². The Kier molecular flexibility index (Phi) is 1.70. The van der Waals surface area contributed by atoms with Crippen LogP contribution in [0.15, 0.2) is 0 Å². The SMILES string of the molecule is CC1(C)[C@@H]2CC[C@@]1(CBr)C(=O)C2. The van der Waals surface area contributed by atoms with E-state index in [2.05, 4.69) is 29.8 Å². The van der Waals surface area contributed by atoms with Crippen LogP contribution >= 0.6 is 15.9 Å². The quantitative estimate of drug-likeness (QED) is 0.634. The molecule has 0 unspecified atom stereocenters. The number of carbonyl (C=O) groups excluding carboxylic acids is 1. The van der Waals surface area contributed by atoms with Crippen LogP contribution in [0.2, 0.25) is 0 Å². The van der Waals surface area contributed by atoms with Crippen LogP contribution in [0.3, 0.4) is 0 Å². The fourth-order valence-electron chi connectivity index (χ4n) is 3.08. The lowest BCUT2D eigenvalue weighted by molar-refractivity contribution is -0.127. The third kappa shape index (κ3) is 0.729. The van der Waals surface area contributed by atoms with Crippen molar-refractivity contribution in [1.82, 2.24) is 0 Å². The molecule has 0 heterocycles. The van der Waals surface area contributed by atoms with Crippen LogP contribution < -0.4 is 0 Å². The van der Waals surface area contributed by atoms with Gasteiger partial charge < -0.3 is 0 Å². The van der Waals surface area contributed by atoms with E-state index < -0.39 is 0 Å². The van der Waals surface area contributed by atoms with Crippen LogP contribution in [0.25, 0.3) is 0 Å². The molecule has 2 aliphatic rings. The summed E-state index contributed by atoms with van der Waals surface area (Å²) in [6, 6.07) is 0. The molecule has 0 spiro atoms. The lowest BCUT2D eigenvalue weighted by atomic mass is 9.70. The first-order valence-electron chi connectivity index (χ1n) is 4.64. The second kappa shape index (κ2) is 2.34. The van der Waals surface area contributed by atoms with Crippen molar-refractivity contribution in [2.45, 2.75) is 33.1 Å². The Labute approximate surface area is 82.0 Å². The van der Waals surface area contributed by atoms with Gasteiger partial charge in [-0.1, -0.05) is 29.8 Å². The average molecular weight is 231 g/mol. The molecule has 0 radical (unpaired) electrons. The van der Waals surface area contributed by atoms with Gasteiger partial charge >= 0.3 is 0 Å². The second-order valence-corrected chi connectivity index (χ2v) is 5.36. The van der Waals surface area contributed by atoms with Crippen molar-refractivity contribution in [3.8, 4) is 0 Å². The van der Waals surface area contributed by atoms with Crippen molar-refractivity contribution < 1.29 is 4.79 Å². The lowest BCUT2D eigenvalue weighted by Gasteiger charge is -2.34. The molecule has 12 heavy (non-hydrogen) atoms. The minimum atomic E-state index is -0.0162. The summed E-state index contributed by atoms with van der Waals surface area (Å²) in [7, 11) is 0. The molecule has 2 rings (SSSR count). The monoisotopic (exact) mass is 230 g/mol. The van der Waals surface area contributed by atoms with Gasteiger partial charge in [-0.15, -0.1) is 0 Å². The Morgan fingerprint density at radius 1 is 1.58 bits per heavy atom. The van der Waals surface area contributed by atoms with E-state index in [1.54, 1.807) is 0 Å². The van der Waals surface area contributed by atoms with Crippen molar-refractivity contribution >= 4 is 21.7 Å². The van der Waals surface area contributed by atoms with Crippen molar-refractivity contribution in [1.29, 1.82) is 0 Å². The number of ketones is 1. The van der Waals surface area contributed by atoms with Gasteiger partial charge in [0.2, 0.25) is 0 Å². The second-order valence-electron chi connectivity index (χ2n) is 4.80. The molecule has 0 aromatic carbocycles. The molecule has 0 N–H and O–H groups in total. The number of hydrogen-bond donors (Lipinski definition) is 0. The Bertz CT molecular complexity index is 234. The Morgan fingerprint density at radius 3 is 2.50 bits per heavy atom. The smallest absolute Gasteiger partial charge is 0.140 e. The maximum absolute atomic E-state index is 11.8. The van der Waals surface area contributed by atoms with E-state index in [1.165, 1.54) is 6.42 Å². The molecule has 0 aromatic heterocycles. The highest BCUT2D eigenvalue weighted by Gasteiger charge is 2.63. The van der Waals surface area contributed by atoms with Gasteiger partial charge in [0.05, 0.1) is 0 Å². The molecule has 2 atom stereocenters. The zero-order valence-corrected chi connectivity index (χ0v) is 9.28. The Morgan fingerprint density at radius 2 is 2.25 bits per heavy atom. The van der Waals surface area contributed by atoms with Crippen LogP contribution in [0.5, 0.6) is 0 Å². The van der Waals surface area contributed by atoms with Gasteiger partial charge in [-0.05, 0) is 24.2 Å². The van der Waals surface area contributed by atoms with Crippen LogP contribution in [-0.4, -0.2) is 11.1 Å². The van der Waals surface area contributed by atoms with Gasteiger partial charge in [0, 0.05) is 17.2 Å². The number of rotatable bonds is 1. The molecule has 0 aromatic rings. The van der Waals surface area contributed by atoms with E-state index in [4.69, 9.17) is 0 Å². The van der Waals surface area contributed by atoms with E-state index in [9.17, 15) is 4.79 Å². The van der Waals surface area contributed by atoms with Crippen molar-refractivity contribution in [2.24, 2.45) is 16.7 Å². The molecule has 2 saturated carbocycles. The topological polar surface area (TPSA) is 17.1 Å². The van der Waals surface area contributed by atoms with Crippen molar-refractivity contribution in [2.75, 3.05) is 5.33 Å². The van der Waals surface area contributed by atoms with Crippen LogP contribution in [-0.2, 0) is 4.79 Å². The lowest BCUT2D eigenvalue weighted by Crippen LogP contribution is -2.37. The summed E-state index contributed by atoms with van der Waals surface area (Å²) >= 11 is 3.52. The molecule has 68 valence electrons. The zero-order valence-electron chi connectivity index (χ0n) is 7.69. The number of alkyl halides is 1. The predicted molar refractivity (Wildman–Crippen MR) is 52.4 cm³/mol. The van der Waals surface area contributed by atoms with Crippen LogP contribution in [0.1, 0.15) is 33.1 Å². The summed E-state index contributed by atoms with van der Waals surface area (Å²) in [5.74, 6) is 1.16. The van der Waals surface area contributed by atoms with Gasteiger partial charge in [0.15, 0.2) is 0 Å². The van der Waals surface area contributed by atoms with Gasteiger partial charge in [0.1, 0.15) is 5.78 Å². The zero-order chi connectivity index (χ0) is 8.98. The molecular weight excluding hydrogens is 216 g/mol. The summed E-state index contributed by atoms with van der Waals surface area (Å²) in [5, 5.41) is 0.863. The number of fused-ring (bicyclic) bond motifs is 2. The van der Waals surface area contributed by atoms with E-state index in [0.29, 0.717) is 11.7 Å². The number of halogens is 1. The first-order valence-corrected chi connectivity index (χ1v) is 5.76. The van der Waals surface area contributed by atoms with Crippen molar-refractivity contribution in [3.63, 3.8) is 0 Å². The third-order valence-corrected chi connectivity index (χ3v) is 5.32. The molecule has 2 aliphatic carbocycles. The molecule has 2 bridgehead atoms. The standard InChI is InChI=1S/C10H15BrO/c1-9(2)7-3-4-10(9,6-11)8(12)5-7/h7H,3-6H2,1-2H3/t7-,10-/m1/s1. The summed E-state index contributed by atoms with van der Waals surface area (Å²) in [6.07, 6.45) is 3.19. The fourth-order valence-corrected chi connectivity index (χ4v) is 4.40. The highest BCUT2D eigenvalue weighted by Crippen LogP contribution is 2.64. The largest absolute Gasteiger partial charge is 0.299 e. The molecule has 0 aliphatic heterocycles. The number of carbonyl (C=O) groups is 1. The van der Waals surface area contributed by atoms with Gasteiger partial charge in [-0.2, -0.15) is 0 Å². The third-order valence-electron chi connectivity index (χ3n) is 4.37. The summed E-state index contributed by atoms with van der Waals surface area (Å²) < 4.78 is 0. The number of Topliss-reactive ketones (excluding diaryl/α,β-unsaturated/α-hetero) is 1. The highest BCUT2D eigenvalue weighted by molar-refractivity contribution is 9.09. The normalized spacial score (nSPS) is 43.9. The minimum absolute atomic E-state index is 0.0162. The van der Waals surface area contributed by atoms with Crippen molar-refractivity contribution in [3.05, 3.63) is 0 Å². The fraction of sp³-hybridized carbons (Fsp3) is 0.900. The summed E-state index contributed by atoms with van der Waals surface area (Å²) in [6.45, 7) is 4.52. The van der Waals surface area contributed by atoms with Crippen LogP contribution in [0.4, 0.5) is 0 Å². The van der Waals surface area contributed by atoms with Crippen LogP contribution in [0, 0.1) is 16.7 Å². The van der Waals surface area contributed by atoms with E-state index in [0.717, 1.165) is 18.2 Å². The first kappa shape index (κ1) is 8.74. The van der Waals surface area contributed by atoms with E-state index >= 15 is 0 Å². The number of hydrogen-bond acceptors (Lipinski definition) is 1. The predicted octanol–water partition coefficient (Wildman–Crippen LogP) is 2.78. The van der Waals surface area contributed by atoms with E-state index in [-0.39, 0.29) is 10.8 Å². The molecule has 1 nitrogen and oxygen atoms in total. The summed E-state index contributed by atoms with van der Waals surface area (Å²) in [4.78, 5) is 11.8. The average Bonchev–Trinajstić information content (AvgIpc) is 2.36. The highest BCUT2D eigenvalue weighted by atomic mass is 79.9. The molecular formula is C10H15BrO. The Hall–Kier alpha value is 0.150. The summed E-state index contributed by atoms with van der Waals surface area (Å²) in [5.41, 5.74) is 0.227. The molecule has 0 saturated heterocycles. The van der Waals surface area contributed by atoms with E-state index in [1.807, 2.05) is 0 Å². The molecule has 2 fully saturated rings. The van der Waals surface area contributed by atoms with Gasteiger partial charge in [0.25, 0.3) is 0 Å². The van der Waals surface area contributed by atoms with Gasteiger partial charge in [-0.3, -0.25) is 4.79 Å². The maximum atomic E-state index is 11.8. The molecule has 0 amide bonds.